The van der Waals surface area contributed by atoms with Crippen molar-refractivity contribution in [1.29, 1.82) is 0 Å². The number of rotatable bonds is 3. The summed E-state index contributed by atoms with van der Waals surface area (Å²) < 4.78 is 0. The molecule has 1 saturated carbocycles. The Kier molecular flexibility index (Phi) is 3.32. The van der Waals surface area contributed by atoms with E-state index in [9.17, 15) is 0 Å². The van der Waals surface area contributed by atoms with E-state index >= 15 is 0 Å². The largest absolute Gasteiger partial charge is 0.350 e. The van der Waals surface area contributed by atoms with Crippen molar-refractivity contribution in [3.05, 3.63) is 24.3 Å². The van der Waals surface area contributed by atoms with Crippen LogP contribution in [0.25, 0.3) is 11.0 Å². The average molecular weight is 256 g/mol. The Morgan fingerprint density at radius 3 is 2.68 bits per heavy atom. The van der Waals surface area contributed by atoms with Gasteiger partial charge in [0.05, 0.1) is 5.52 Å². The molecule has 0 amide bonds. The lowest BCUT2D eigenvalue weighted by Crippen LogP contribution is -2.25. The van der Waals surface area contributed by atoms with E-state index in [1.54, 1.807) is 0 Å². The second-order valence-corrected chi connectivity index (χ2v) is 5.48. The summed E-state index contributed by atoms with van der Waals surface area (Å²) >= 11 is 0. The van der Waals surface area contributed by atoms with Crippen molar-refractivity contribution in [1.82, 2.24) is 15.2 Å². The summed E-state index contributed by atoms with van der Waals surface area (Å²) in [5.74, 6) is 2.17. The second kappa shape index (κ2) is 5.11. The van der Waals surface area contributed by atoms with E-state index in [1.807, 2.05) is 24.3 Å². The maximum atomic E-state index is 4.54. The van der Waals surface area contributed by atoms with Crippen molar-refractivity contribution in [3.8, 4) is 0 Å². The van der Waals surface area contributed by atoms with Crippen LogP contribution in [0.3, 0.4) is 0 Å². The van der Waals surface area contributed by atoms with Crippen molar-refractivity contribution in [2.24, 2.45) is 11.8 Å². The number of anilines is 1. The van der Waals surface area contributed by atoms with Crippen molar-refractivity contribution in [2.75, 3.05) is 5.32 Å². The smallest absolute Gasteiger partial charge is 0.243 e. The number of nitrogens with zero attached hydrogens (tertiary/aromatic N) is 3. The quantitative estimate of drug-likeness (QED) is 0.915. The molecule has 0 saturated heterocycles. The maximum Gasteiger partial charge on any atom is 0.243 e. The van der Waals surface area contributed by atoms with Crippen LogP contribution >= 0.6 is 0 Å². The predicted octanol–water partition coefficient (Wildman–Crippen LogP) is 3.26. The first-order valence-corrected chi connectivity index (χ1v) is 7.14. The van der Waals surface area contributed by atoms with Gasteiger partial charge >= 0.3 is 0 Å². The van der Waals surface area contributed by atoms with Gasteiger partial charge in [-0.2, -0.15) is 0 Å². The van der Waals surface area contributed by atoms with Crippen molar-refractivity contribution >= 4 is 17.0 Å². The Bertz CT molecular complexity index is 569. The summed E-state index contributed by atoms with van der Waals surface area (Å²) in [5.41, 5.74) is 1.75. The number of para-hydroxylation sites is 1. The number of benzene rings is 1. The number of hydrogen-bond acceptors (Lipinski definition) is 4. The monoisotopic (exact) mass is 256 g/mol. The van der Waals surface area contributed by atoms with Crippen LogP contribution in [-0.4, -0.2) is 21.2 Å². The molecule has 19 heavy (non-hydrogen) atoms. The zero-order chi connectivity index (χ0) is 13.2. The highest BCUT2D eigenvalue weighted by molar-refractivity contribution is 5.74. The lowest BCUT2D eigenvalue weighted by molar-refractivity contribution is 0.391. The van der Waals surface area contributed by atoms with Gasteiger partial charge in [0.1, 0.15) is 5.52 Å². The summed E-state index contributed by atoms with van der Waals surface area (Å²) in [6.45, 7) is 4.60. The molecule has 1 aromatic heterocycles. The molecule has 0 aliphatic heterocycles. The molecule has 1 aliphatic rings. The highest BCUT2D eigenvalue weighted by Gasteiger charge is 2.31. The topological polar surface area (TPSA) is 50.7 Å². The van der Waals surface area contributed by atoms with Crippen LogP contribution < -0.4 is 5.32 Å². The van der Waals surface area contributed by atoms with Gasteiger partial charge in [0, 0.05) is 6.04 Å². The van der Waals surface area contributed by atoms with Gasteiger partial charge < -0.3 is 5.32 Å². The van der Waals surface area contributed by atoms with Crippen LogP contribution in [0, 0.1) is 11.8 Å². The molecule has 1 fully saturated rings. The number of aromatic nitrogens is 3. The van der Waals surface area contributed by atoms with Gasteiger partial charge in [0.15, 0.2) is 0 Å². The number of hydrogen-bond donors (Lipinski definition) is 1. The molecule has 1 aromatic carbocycles. The van der Waals surface area contributed by atoms with E-state index in [-0.39, 0.29) is 0 Å². The lowest BCUT2D eigenvalue weighted by Gasteiger charge is -2.20. The molecule has 4 heteroatoms. The molecule has 1 aliphatic carbocycles. The lowest BCUT2D eigenvalue weighted by atomic mass is 9.94. The fourth-order valence-corrected chi connectivity index (χ4v) is 3.14. The molecule has 0 spiro atoms. The van der Waals surface area contributed by atoms with E-state index in [0.29, 0.717) is 17.9 Å². The van der Waals surface area contributed by atoms with E-state index in [1.165, 1.54) is 19.3 Å². The molecular weight excluding hydrogens is 236 g/mol. The van der Waals surface area contributed by atoms with Gasteiger partial charge in [0.2, 0.25) is 5.95 Å². The molecule has 4 nitrogen and oxygen atoms in total. The van der Waals surface area contributed by atoms with Gasteiger partial charge in [0.25, 0.3) is 0 Å². The Hall–Kier alpha value is -1.71. The molecule has 0 bridgehead atoms. The van der Waals surface area contributed by atoms with E-state index < -0.39 is 0 Å². The van der Waals surface area contributed by atoms with Crippen molar-refractivity contribution in [3.63, 3.8) is 0 Å². The third-order valence-electron chi connectivity index (χ3n) is 4.43. The van der Waals surface area contributed by atoms with Gasteiger partial charge in [-0.3, -0.25) is 0 Å². The number of fused-ring (bicyclic) bond motifs is 1. The summed E-state index contributed by atoms with van der Waals surface area (Å²) in [6, 6.07) is 8.32. The normalized spacial score (nSPS) is 26.7. The minimum absolute atomic E-state index is 0.480. The van der Waals surface area contributed by atoms with Crippen LogP contribution in [0.15, 0.2) is 24.3 Å². The molecule has 2 aromatic rings. The molecular formula is C15H20N4. The van der Waals surface area contributed by atoms with Crippen LogP contribution in [0.4, 0.5) is 5.95 Å². The highest BCUT2D eigenvalue weighted by Crippen LogP contribution is 2.35. The van der Waals surface area contributed by atoms with Crippen LogP contribution in [0.5, 0.6) is 0 Å². The minimum atomic E-state index is 0.480. The Balaban J connectivity index is 1.78. The van der Waals surface area contributed by atoms with Crippen molar-refractivity contribution in [2.45, 2.75) is 39.2 Å². The first-order chi connectivity index (χ1) is 9.28. The van der Waals surface area contributed by atoms with E-state index in [2.05, 4.69) is 34.3 Å². The zero-order valence-corrected chi connectivity index (χ0v) is 11.5. The molecule has 3 unspecified atom stereocenters. The van der Waals surface area contributed by atoms with Crippen LogP contribution in [0.1, 0.15) is 33.1 Å². The standard InChI is InChI=1S/C15H20N4/c1-3-11-8-9-12(10(11)2)16-15-17-13-6-4-5-7-14(13)18-19-15/h4-7,10-12H,3,8-9H2,1-2H3,(H,16,17,19). The maximum absolute atomic E-state index is 4.54. The second-order valence-electron chi connectivity index (χ2n) is 5.48. The van der Waals surface area contributed by atoms with E-state index in [0.717, 1.165) is 17.0 Å². The first-order valence-electron chi connectivity index (χ1n) is 7.14. The molecule has 1 heterocycles. The Morgan fingerprint density at radius 2 is 1.95 bits per heavy atom. The predicted molar refractivity (Wildman–Crippen MR) is 76.9 cm³/mol. The van der Waals surface area contributed by atoms with Crippen LogP contribution in [-0.2, 0) is 0 Å². The Morgan fingerprint density at radius 1 is 1.16 bits per heavy atom. The summed E-state index contributed by atoms with van der Waals surface area (Å²) in [7, 11) is 0. The summed E-state index contributed by atoms with van der Waals surface area (Å²) in [6.07, 6.45) is 3.77. The Labute approximate surface area is 113 Å². The summed E-state index contributed by atoms with van der Waals surface area (Å²) in [5, 5.41) is 11.9. The molecule has 3 atom stereocenters. The first kappa shape index (κ1) is 12.3. The third-order valence-corrected chi connectivity index (χ3v) is 4.43. The fourth-order valence-electron chi connectivity index (χ4n) is 3.14. The molecule has 3 rings (SSSR count). The SMILES string of the molecule is CCC1CCC(Nc2nnc3ccccc3n2)C1C. The third kappa shape index (κ3) is 2.39. The van der Waals surface area contributed by atoms with Crippen LogP contribution in [0.2, 0.25) is 0 Å². The van der Waals surface area contributed by atoms with Crippen molar-refractivity contribution < 1.29 is 0 Å². The summed E-state index contributed by atoms with van der Waals surface area (Å²) in [4.78, 5) is 4.54. The number of nitrogens with one attached hydrogen (secondary N) is 1. The molecule has 1 N–H and O–H groups in total. The minimum Gasteiger partial charge on any atom is -0.350 e. The molecule has 0 radical (unpaired) electrons. The van der Waals surface area contributed by atoms with Gasteiger partial charge in [-0.05, 0) is 36.8 Å². The van der Waals surface area contributed by atoms with E-state index in [4.69, 9.17) is 0 Å². The highest BCUT2D eigenvalue weighted by atomic mass is 15.2. The van der Waals surface area contributed by atoms with Gasteiger partial charge in [-0.25, -0.2) is 4.98 Å². The molecule has 100 valence electrons. The van der Waals surface area contributed by atoms with Gasteiger partial charge in [-0.15, -0.1) is 10.2 Å². The zero-order valence-electron chi connectivity index (χ0n) is 11.5. The average Bonchev–Trinajstić information content (AvgIpc) is 2.79. The fraction of sp³-hybridized carbons (Fsp3) is 0.533. The van der Waals surface area contributed by atoms with Gasteiger partial charge in [-0.1, -0.05) is 32.4 Å².